The van der Waals surface area contributed by atoms with E-state index in [-0.39, 0.29) is 0 Å². The number of thiophene rings is 1. The minimum atomic E-state index is 0.436. The summed E-state index contributed by atoms with van der Waals surface area (Å²) in [6.07, 6.45) is 0. The molecule has 0 unspecified atom stereocenters. The van der Waals surface area contributed by atoms with Gasteiger partial charge in [0.1, 0.15) is 0 Å². The molecule has 1 heterocycles. The predicted octanol–water partition coefficient (Wildman–Crippen LogP) is 5.06. The molecular weight excluding hydrogens is 270 g/mol. The van der Waals surface area contributed by atoms with Crippen LogP contribution in [0, 0.1) is 0 Å². The summed E-state index contributed by atoms with van der Waals surface area (Å²) >= 11 is 11.9. The molecule has 0 radical (unpaired) electrons. The summed E-state index contributed by atoms with van der Waals surface area (Å²) in [5.74, 6) is 0.436. The van der Waals surface area contributed by atoms with Crippen LogP contribution in [-0.2, 0) is 0 Å². The minimum Gasteiger partial charge on any atom is -0.398 e. The summed E-state index contributed by atoms with van der Waals surface area (Å²) in [4.78, 5) is 0. The van der Waals surface area contributed by atoms with Gasteiger partial charge in [0.15, 0.2) is 0 Å². The third-order valence-electron chi connectivity index (χ3n) is 2.70. The van der Waals surface area contributed by atoms with Crippen LogP contribution >= 0.6 is 35.6 Å². The molecule has 0 aliphatic carbocycles. The number of thiol groups is 1. The van der Waals surface area contributed by atoms with Gasteiger partial charge in [-0.25, -0.2) is 0 Å². The van der Waals surface area contributed by atoms with Crippen LogP contribution in [0.25, 0.3) is 11.1 Å². The van der Waals surface area contributed by atoms with Gasteiger partial charge in [-0.3, -0.25) is 0 Å². The fraction of sp³-hybridized carbons (Fsp3) is 0.231. The monoisotopic (exact) mass is 283 g/mol. The lowest BCUT2D eigenvalue weighted by molar-refractivity contribution is 0.870. The smallest absolute Gasteiger partial charge is 0.0946 e. The molecular formula is C13H14ClNS2. The minimum absolute atomic E-state index is 0.436. The first-order chi connectivity index (χ1) is 7.99. The Kier molecular flexibility index (Phi) is 3.71. The maximum Gasteiger partial charge on any atom is 0.0946 e. The summed E-state index contributed by atoms with van der Waals surface area (Å²) in [5, 5.41) is 0. The number of rotatable bonds is 2. The molecule has 2 aromatic rings. The van der Waals surface area contributed by atoms with E-state index >= 15 is 0 Å². The largest absolute Gasteiger partial charge is 0.398 e. The molecule has 2 rings (SSSR count). The van der Waals surface area contributed by atoms with Gasteiger partial charge in [-0.1, -0.05) is 37.6 Å². The van der Waals surface area contributed by atoms with Crippen LogP contribution in [0.2, 0.25) is 4.34 Å². The normalized spacial score (nSPS) is 11.1. The van der Waals surface area contributed by atoms with Gasteiger partial charge in [-0.15, -0.1) is 24.0 Å². The summed E-state index contributed by atoms with van der Waals surface area (Å²) < 4.78 is 1.67. The zero-order chi connectivity index (χ0) is 12.6. The average Bonchev–Trinajstić information content (AvgIpc) is 2.57. The summed E-state index contributed by atoms with van der Waals surface area (Å²) in [7, 11) is 0. The van der Waals surface area contributed by atoms with E-state index in [0.717, 1.165) is 25.4 Å². The predicted molar refractivity (Wildman–Crippen MR) is 80.5 cm³/mol. The van der Waals surface area contributed by atoms with Crippen molar-refractivity contribution in [1.82, 2.24) is 0 Å². The third kappa shape index (κ3) is 2.62. The lowest BCUT2D eigenvalue weighted by atomic mass is 9.98. The van der Waals surface area contributed by atoms with Crippen molar-refractivity contribution in [2.75, 3.05) is 5.73 Å². The Balaban J connectivity index is 2.48. The van der Waals surface area contributed by atoms with Crippen LogP contribution in [0.1, 0.15) is 25.3 Å². The number of nitrogens with two attached hydrogens (primary N) is 1. The molecule has 0 saturated heterocycles. The average molecular weight is 284 g/mol. The molecule has 0 fully saturated rings. The van der Waals surface area contributed by atoms with Crippen molar-refractivity contribution in [1.29, 1.82) is 0 Å². The van der Waals surface area contributed by atoms with Gasteiger partial charge >= 0.3 is 0 Å². The van der Waals surface area contributed by atoms with Crippen molar-refractivity contribution in [2.24, 2.45) is 0 Å². The summed E-state index contributed by atoms with van der Waals surface area (Å²) in [6.45, 7) is 4.27. The number of hydrogen-bond donors (Lipinski definition) is 2. The molecule has 1 nitrogen and oxygen atoms in total. The standard InChI is InChI=1S/C13H14ClNS2/c1-7(2)9-4-3-8(5-11(9)15)10-6-12(14)17-13(10)16/h3-7,16H,15H2,1-2H3. The van der Waals surface area contributed by atoms with Gasteiger partial charge in [-0.2, -0.15) is 0 Å². The zero-order valence-corrected chi connectivity index (χ0v) is 12.2. The van der Waals surface area contributed by atoms with E-state index in [4.69, 9.17) is 17.3 Å². The summed E-state index contributed by atoms with van der Waals surface area (Å²) in [5.41, 5.74) is 10.2. The molecule has 17 heavy (non-hydrogen) atoms. The highest BCUT2D eigenvalue weighted by molar-refractivity contribution is 7.83. The van der Waals surface area contributed by atoms with E-state index in [9.17, 15) is 0 Å². The molecule has 1 aromatic carbocycles. The number of hydrogen-bond acceptors (Lipinski definition) is 3. The van der Waals surface area contributed by atoms with Crippen LogP contribution in [-0.4, -0.2) is 0 Å². The van der Waals surface area contributed by atoms with Crippen LogP contribution < -0.4 is 5.73 Å². The number of nitrogen functional groups attached to an aromatic ring is 1. The Morgan fingerprint density at radius 1 is 1.29 bits per heavy atom. The molecule has 0 spiro atoms. The van der Waals surface area contributed by atoms with Crippen LogP contribution in [0.5, 0.6) is 0 Å². The van der Waals surface area contributed by atoms with Crippen molar-refractivity contribution >= 4 is 41.3 Å². The lowest BCUT2D eigenvalue weighted by Gasteiger charge is -2.11. The Bertz CT molecular complexity index is 546. The quantitative estimate of drug-likeness (QED) is 0.584. The maximum absolute atomic E-state index is 6.06. The van der Waals surface area contributed by atoms with Gasteiger partial charge in [-0.05, 0) is 29.2 Å². The Hall–Kier alpha value is -0.640. The molecule has 0 aliphatic rings. The number of anilines is 1. The van der Waals surface area contributed by atoms with Crippen molar-refractivity contribution in [3.8, 4) is 11.1 Å². The molecule has 0 amide bonds. The molecule has 90 valence electrons. The topological polar surface area (TPSA) is 26.0 Å². The fourth-order valence-electron chi connectivity index (χ4n) is 1.83. The van der Waals surface area contributed by atoms with Crippen LogP contribution in [0.15, 0.2) is 28.5 Å². The molecule has 2 N–H and O–H groups in total. The second kappa shape index (κ2) is 4.92. The first kappa shape index (κ1) is 12.8. The summed E-state index contributed by atoms with van der Waals surface area (Å²) in [6, 6.07) is 8.07. The van der Waals surface area contributed by atoms with E-state index in [1.807, 2.05) is 12.1 Å². The highest BCUT2D eigenvalue weighted by Gasteiger charge is 2.10. The Morgan fingerprint density at radius 3 is 2.47 bits per heavy atom. The first-order valence-electron chi connectivity index (χ1n) is 5.37. The molecule has 4 heteroatoms. The highest BCUT2D eigenvalue weighted by Crippen LogP contribution is 2.38. The maximum atomic E-state index is 6.06. The third-order valence-corrected chi connectivity index (χ3v) is 4.28. The lowest BCUT2D eigenvalue weighted by Crippen LogP contribution is -1.96. The van der Waals surface area contributed by atoms with E-state index < -0.39 is 0 Å². The van der Waals surface area contributed by atoms with Crippen molar-refractivity contribution in [3.05, 3.63) is 34.2 Å². The second-order valence-electron chi connectivity index (χ2n) is 4.27. The van der Waals surface area contributed by atoms with Gasteiger partial charge in [0.2, 0.25) is 0 Å². The van der Waals surface area contributed by atoms with E-state index in [2.05, 4.69) is 38.6 Å². The van der Waals surface area contributed by atoms with Crippen LogP contribution in [0.4, 0.5) is 5.69 Å². The van der Waals surface area contributed by atoms with Gasteiger partial charge in [0, 0.05) is 11.3 Å². The van der Waals surface area contributed by atoms with E-state index in [0.29, 0.717) is 5.92 Å². The molecule has 0 bridgehead atoms. The van der Waals surface area contributed by atoms with Crippen LogP contribution in [0.3, 0.4) is 0 Å². The molecule has 1 aromatic heterocycles. The van der Waals surface area contributed by atoms with Gasteiger partial charge in [0.05, 0.1) is 8.55 Å². The van der Waals surface area contributed by atoms with Crippen molar-refractivity contribution < 1.29 is 0 Å². The highest BCUT2D eigenvalue weighted by atomic mass is 35.5. The Morgan fingerprint density at radius 2 is 2.00 bits per heavy atom. The van der Waals surface area contributed by atoms with E-state index in [1.54, 1.807) is 0 Å². The van der Waals surface area contributed by atoms with Crippen molar-refractivity contribution in [3.63, 3.8) is 0 Å². The van der Waals surface area contributed by atoms with E-state index in [1.165, 1.54) is 16.9 Å². The van der Waals surface area contributed by atoms with Crippen molar-refractivity contribution in [2.45, 2.75) is 24.0 Å². The number of benzene rings is 1. The van der Waals surface area contributed by atoms with Gasteiger partial charge in [0.25, 0.3) is 0 Å². The Labute approximate surface area is 116 Å². The van der Waals surface area contributed by atoms with Gasteiger partial charge < -0.3 is 5.73 Å². The second-order valence-corrected chi connectivity index (χ2v) is 6.70. The SMILES string of the molecule is CC(C)c1ccc(-c2cc(Cl)sc2S)cc1N. The first-order valence-corrected chi connectivity index (χ1v) is 7.01. The fourth-order valence-corrected chi connectivity index (χ4v) is 3.47. The molecule has 0 atom stereocenters. The zero-order valence-electron chi connectivity index (χ0n) is 9.70. The molecule has 0 aliphatic heterocycles. The molecule has 0 saturated carbocycles. The number of halogens is 1.